The fraction of sp³-hybridized carbons (Fsp3) is 0.300. The summed E-state index contributed by atoms with van der Waals surface area (Å²) in [7, 11) is 0. The van der Waals surface area contributed by atoms with E-state index in [4.69, 9.17) is 4.74 Å². The molecule has 0 N–H and O–H groups in total. The largest absolute Gasteiger partial charge is 0.462 e. The van der Waals surface area contributed by atoms with E-state index in [1.165, 1.54) is 6.07 Å². The fourth-order valence-electron chi connectivity index (χ4n) is 0.934. The quantitative estimate of drug-likeness (QED) is 0.656. The number of aryl methyl sites for hydroxylation is 1. The molecule has 0 aliphatic carbocycles. The van der Waals surface area contributed by atoms with E-state index in [1.54, 1.807) is 26.0 Å². The van der Waals surface area contributed by atoms with E-state index in [2.05, 4.69) is 0 Å². The molecule has 2 nitrogen and oxygen atoms in total. The van der Waals surface area contributed by atoms with Gasteiger partial charge in [-0.05, 0) is 31.5 Å². The van der Waals surface area contributed by atoms with Crippen molar-refractivity contribution in [3.63, 3.8) is 0 Å². The summed E-state index contributed by atoms with van der Waals surface area (Å²) in [6, 6.07) is 4.30. The van der Waals surface area contributed by atoms with Crippen molar-refractivity contribution in [2.45, 2.75) is 13.8 Å². The highest BCUT2D eigenvalue weighted by Crippen LogP contribution is 2.09. The molecule has 0 aliphatic rings. The lowest BCUT2D eigenvalue weighted by Gasteiger charge is -2.02. The molecule has 0 aromatic heterocycles. The van der Waals surface area contributed by atoms with Crippen molar-refractivity contribution < 1.29 is 13.9 Å². The number of carbonyl (C=O) groups excluding carboxylic acids is 1. The number of carbonyl (C=O) groups is 1. The van der Waals surface area contributed by atoms with Crippen LogP contribution in [0.15, 0.2) is 18.2 Å². The molecule has 3 heteroatoms. The molecule has 0 atom stereocenters. The lowest BCUT2D eigenvalue weighted by atomic mass is 10.1. The highest BCUT2D eigenvalue weighted by Gasteiger charge is 2.07. The summed E-state index contributed by atoms with van der Waals surface area (Å²) in [6.45, 7) is 3.65. The Morgan fingerprint density at radius 2 is 2.23 bits per heavy atom. The normalized spacial score (nSPS) is 9.77. The number of halogens is 1. The van der Waals surface area contributed by atoms with E-state index in [0.29, 0.717) is 12.2 Å². The van der Waals surface area contributed by atoms with Gasteiger partial charge in [0.15, 0.2) is 0 Å². The van der Waals surface area contributed by atoms with Crippen LogP contribution in [0.4, 0.5) is 4.39 Å². The van der Waals surface area contributed by atoms with E-state index in [0.717, 1.165) is 0 Å². The van der Waals surface area contributed by atoms with Crippen molar-refractivity contribution in [1.82, 2.24) is 0 Å². The number of benzene rings is 1. The van der Waals surface area contributed by atoms with E-state index < -0.39 is 5.97 Å². The minimum Gasteiger partial charge on any atom is -0.462 e. The highest BCUT2D eigenvalue weighted by molar-refractivity contribution is 5.89. The molecule has 1 aromatic carbocycles. The smallest absolute Gasteiger partial charge is 0.338 e. The molecule has 70 valence electrons. The summed E-state index contributed by atoms with van der Waals surface area (Å²) in [6.07, 6.45) is 0. The molecule has 0 amide bonds. The Morgan fingerprint density at radius 3 is 2.77 bits per heavy atom. The second-order valence-corrected chi connectivity index (χ2v) is 2.68. The summed E-state index contributed by atoms with van der Waals surface area (Å²) >= 11 is 0. The van der Waals surface area contributed by atoms with Crippen LogP contribution in [0.25, 0.3) is 0 Å². The number of hydrogen-bond acceptors (Lipinski definition) is 2. The molecule has 0 heterocycles. The fourth-order valence-corrected chi connectivity index (χ4v) is 0.934. The number of ether oxygens (including phenoxy) is 1. The first-order chi connectivity index (χ1) is 6.15. The first kappa shape index (κ1) is 9.71. The molecule has 0 saturated carbocycles. The van der Waals surface area contributed by atoms with Gasteiger partial charge in [0, 0.05) is 0 Å². The molecule has 13 heavy (non-hydrogen) atoms. The summed E-state index contributed by atoms with van der Waals surface area (Å²) in [5.41, 5.74) is 0.776. The van der Waals surface area contributed by atoms with Crippen LogP contribution in [0.2, 0.25) is 0 Å². The van der Waals surface area contributed by atoms with Crippen LogP contribution in [0.5, 0.6) is 0 Å². The predicted molar refractivity (Wildman–Crippen MR) is 47.1 cm³/mol. The first-order valence-corrected chi connectivity index (χ1v) is 4.08. The number of rotatable bonds is 2. The van der Waals surface area contributed by atoms with Gasteiger partial charge in [-0.2, -0.15) is 0 Å². The van der Waals surface area contributed by atoms with Crippen LogP contribution in [0.3, 0.4) is 0 Å². The molecule has 0 spiro atoms. The van der Waals surface area contributed by atoms with Crippen molar-refractivity contribution in [1.29, 1.82) is 0 Å². The maximum absolute atomic E-state index is 13.0. The predicted octanol–water partition coefficient (Wildman–Crippen LogP) is 2.31. The SMILES string of the molecule is CCOC(=O)c1ccc(C)c(F)c1. The van der Waals surface area contributed by atoms with E-state index in [-0.39, 0.29) is 11.4 Å². The zero-order valence-electron chi connectivity index (χ0n) is 7.63. The van der Waals surface area contributed by atoms with Crippen LogP contribution in [0.1, 0.15) is 22.8 Å². The maximum Gasteiger partial charge on any atom is 0.338 e. The average molecular weight is 182 g/mol. The van der Waals surface area contributed by atoms with Gasteiger partial charge < -0.3 is 4.74 Å². The molecule has 0 unspecified atom stereocenters. The second-order valence-electron chi connectivity index (χ2n) is 2.68. The van der Waals surface area contributed by atoms with Gasteiger partial charge in [0.25, 0.3) is 0 Å². The lowest BCUT2D eigenvalue weighted by Crippen LogP contribution is -2.05. The molecule has 0 saturated heterocycles. The summed E-state index contributed by atoms with van der Waals surface area (Å²) in [5.74, 6) is -0.869. The zero-order valence-corrected chi connectivity index (χ0v) is 7.63. The third-order valence-electron chi connectivity index (χ3n) is 1.68. The Balaban J connectivity index is 2.90. The van der Waals surface area contributed by atoms with Gasteiger partial charge in [0.05, 0.1) is 12.2 Å². The summed E-state index contributed by atoms with van der Waals surface area (Å²) < 4.78 is 17.7. The molecule has 0 bridgehead atoms. The second kappa shape index (κ2) is 4.03. The van der Waals surface area contributed by atoms with Crippen LogP contribution in [0, 0.1) is 12.7 Å². The first-order valence-electron chi connectivity index (χ1n) is 4.08. The Hall–Kier alpha value is -1.38. The standard InChI is InChI=1S/C10H11FO2/c1-3-13-10(12)8-5-4-7(2)9(11)6-8/h4-6H,3H2,1-2H3. The molecule has 0 fully saturated rings. The van der Waals surface area contributed by atoms with E-state index in [9.17, 15) is 9.18 Å². The topological polar surface area (TPSA) is 26.3 Å². The van der Waals surface area contributed by atoms with E-state index in [1.807, 2.05) is 0 Å². The maximum atomic E-state index is 13.0. The zero-order chi connectivity index (χ0) is 9.84. The van der Waals surface area contributed by atoms with Gasteiger partial charge in [-0.25, -0.2) is 9.18 Å². The minimum atomic E-state index is -0.485. The third-order valence-corrected chi connectivity index (χ3v) is 1.68. The Kier molecular flexibility index (Phi) is 3.01. The van der Waals surface area contributed by atoms with Crippen molar-refractivity contribution in [2.24, 2.45) is 0 Å². The molecule has 0 aliphatic heterocycles. The average Bonchev–Trinajstić information content (AvgIpc) is 2.10. The summed E-state index contributed by atoms with van der Waals surface area (Å²) in [4.78, 5) is 11.1. The number of esters is 1. The van der Waals surface area contributed by atoms with Crippen molar-refractivity contribution in [2.75, 3.05) is 6.61 Å². The molecule has 1 rings (SSSR count). The molecular formula is C10H11FO2. The Labute approximate surface area is 76.3 Å². The minimum absolute atomic E-state index is 0.255. The molecular weight excluding hydrogens is 171 g/mol. The van der Waals surface area contributed by atoms with Crippen LogP contribution in [-0.4, -0.2) is 12.6 Å². The van der Waals surface area contributed by atoms with Crippen LogP contribution < -0.4 is 0 Å². The van der Waals surface area contributed by atoms with E-state index >= 15 is 0 Å². The van der Waals surface area contributed by atoms with Gasteiger partial charge in [0.1, 0.15) is 5.82 Å². The third kappa shape index (κ3) is 2.28. The Bertz CT molecular complexity index is 321. The van der Waals surface area contributed by atoms with Gasteiger partial charge in [-0.1, -0.05) is 6.07 Å². The van der Waals surface area contributed by atoms with Crippen molar-refractivity contribution >= 4 is 5.97 Å². The highest BCUT2D eigenvalue weighted by atomic mass is 19.1. The Morgan fingerprint density at radius 1 is 1.54 bits per heavy atom. The van der Waals surface area contributed by atoms with Crippen LogP contribution >= 0.6 is 0 Å². The van der Waals surface area contributed by atoms with Gasteiger partial charge in [0.2, 0.25) is 0 Å². The lowest BCUT2D eigenvalue weighted by molar-refractivity contribution is 0.0526. The molecule has 0 radical (unpaired) electrons. The molecule has 1 aromatic rings. The van der Waals surface area contributed by atoms with Crippen molar-refractivity contribution in [3.8, 4) is 0 Å². The van der Waals surface area contributed by atoms with Crippen LogP contribution in [-0.2, 0) is 4.74 Å². The number of hydrogen-bond donors (Lipinski definition) is 0. The van der Waals surface area contributed by atoms with Gasteiger partial charge >= 0.3 is 5.97 Å². The van der Waals surface area contributed by atoms with Gasteiger partial charge in [-0.3, -0.25) is 0 Å². The van der Waals surface area contributed by atoms with Crippen molar-refractivity contribution in [3.05, 3.63) is 35.1 Å². The monoisotopic (exact) mass is 182 g/mol. The van der Waals surface area contributed by atoms with Gasteiger partial charge in [-0.15, -0.1) is 0 Å². The summed E-state index contributed by atoms with van der Waals surface area (Å²) in [5, 5.41) is 0.